The van der Waals surface area contributed by atoms with E-state index >= 15 is 0 Å². The fourth-order valence-electron chi connectivity index (χ4n) is 3.05. The Kier molecular flexibility index (Phi) is 6.25. The second-order valence-corrected chi connectivity index (χ2v) is 6.45. The fourth-order valence-corrected chi connectivity index (χ4v) is 3.05. The lowest BCUT2D eigenvalue weighted by Crippen LogP contribution is -2.40. The molecule has 0 bridgehead atoms. The zero-order chi connectivity index (χ0) is 18.2. The maximum Gasteiger partial charge on any atom is 0.251 e. The third kappa shape index (κ3) is 4.85. The molecule has 3 rings (SSSR count). The summed E-state index contributed by atoms with van der Waals surface area (Å²) in [6, 6.07) is 17.8. The molecule has 1 saturated heterocycles. The van der Waals surface area contributed by atoms with E-state index in [4.69, 9.17) is 4.99 Å². The number of hydrogen-bond acceptors (Lipinski definition) is 2. The van der Waals surface area contributed by atoms with Gasteiger partial charge in [-0.3, -0.25) is 4.79 Å². The molecule has 0 unspecified atom stereocenters. The highest BCUT2D eigenvalue weighted by atomic mass is 16.1. The van der Waals surface area contributed by atoms with Gasteiger partial charge in [0.25, 0.3) is 5.91 Å². The number of guanidine groups is 1. The molecule has 0 saturated carbocycles. The fraction of sp³-hybridized carbons (Fsp3) is 0.333. The van der Waals surface area contributed by atoms with E-state index in [1.165, 1.54) is 19.3 Å². The van der Waals surface area contributed by atoms with Crippen LogP contribution in [0.4, 0.5) is 5.69 Å². The van der Waals surface area contributed by atoms with Crippen molar-refractivity contribution in [1.29, 1.82) is 0 Å². The monoisotopic (exact) mass is 350 g/mol. The number of likely N-dealkylation sites (tertiary alicyclic amines) is 1. The van der Waals surface area contributed by atoms with Gasteiger partial charge in [0.05, 0.1) is 6.54 Å². The minimum absolute atomic E-state index is 0.0696. The Balaban J connectivity index is 1.73. The van der Waals surface area contributed by atoms with Gasteiger partial charge < -0.3 is 15.5 Å². The average Bonchev–Trinajstić information content (AvgIpc) is 2.72. The number of anilines is 1. The summed E-state index contributed by atoms with van der Waals surface area (Å²) in [7, 11) is 1.64. The zero-order valence-corrected chi connectivity index (χ0v) is 15.2. The Morgan fingerprint density at radius 1 is 1.00 bits per heavy atom. The maximum atomic E-state index is 11.6. The van der Waals surface area contributed by atoms with Gasteiger partial charge in [-0.1, -0.05) is 30.3 Å². The maximum absolute atomic E-state index is 11.6. The molecule has 1 aliphatic heterocycles. The molecule has 2 N–H and O–H groups in total. The molecule has 5 heteroatoms. The van der Waals surface area contributed by atoms with Crippen LogP contribution in [0.5, 0.6) is 0 Å². The number of nitrogens with one attached hydrogen (secondary N) is 2. The van der Waals surface area contributed by atoms with Gasteiger partial charge >= 0.3 is 0 Å². The van der Waals surface area contributed by atoms with Crippen molar-refractivity contribution in [3.63, 3.8) is 0 Å². The van der Waals surface area contributed by atoms with Crippen molar-refractivity contribution < 1.29 is 4.79 Å². The predicted octanol–water partition coefficient (Wildman–Crippen LogP) is 3.50. The van der Waals surface area contributed by atoms with Crippen molar-refractivity contribution in [2.24, 2.45) is 4.99 Å². The van der Waals surface area contributed by atoms with Gasteiger partial charge in [-0.05, 0) is 49.1 Å². The molecule has 1 amide bonds. The molecule has 0 atom stereocenters. The smallest absolute Gasteiger partial charge is 0.251 e. The molecule has 2 aromatic carbocycles. The standard InChI is InChI=1S/C21H26N4O/c1-22-20(26)18-12-10-17(11-13-18)16-23-21(25-14-6-3-7-15-25)24-19-8-4-2-5-9-19/h2,4-5,8-13H,3,6-7,14-16H2,1H3,(H,22,26)(H,23,24). The van der Waals surface area contributed by atoms with Crippen LogP contribution in [0.3, 0.4) is 0 Å². The lowest BCUT2D eigenvalue weighted by atomic mass is 10.1. The van der Waals surface area contributed by atoms with Crippen molar-refractivity contribution in [1.82, 2.24) is 10.2 Å². The quantitative estimate of drug-likeness (QED) is 0.655. The Morgan fingerprint density at radius 2 is 1.69 bits per heavy atom. The van der Waals surface area contributed by atoms with Gasteiger partial charge in [0.2, 0.25) is 0 Å². The van der Waals surface area contributed by atoms with E-state index < -0.39 is 0 Å². The van der Waals surface area contributed by atoms with Gasteiger partial charge in [-0.2, -0.15) is 0 Å². The Hall–Kier alpha value is -2.82. The normalized spacial score (nSPS) is 14.8. The van der Waals surface area contributed by atoms with Crippen LogP contribution in [0.1, 0.15) is 35.2 Å². The number of carbonyl (C=O) groups is 1. The van der Waals surface area contributed by atoms with Crippen LogP contribution in [-0.4, -0.2) is 36.9 Å². The first kappa shape index (κ1) is 18.0. The number of carbonyl (C=O) groups excluding carboxylic acids is 1. The summed E-state index contributed by atoms with van der Waals surface area (Å²) >= 11 is 0. The number of benzene rings is 2. The minimum atomic E-state index is -0.0696. The Labute approximate surface area is 155 Å². The van der Waals surface area contributed by atoms with E-state index in [0.29, 0.717) is 12.1 Å². The van der Waals surface area contributed by atoms with Gasteiger partial charge in [-0.15, -0.1) is 0 Å². The molecule has 0 spiro atoms. The molecule has 0 aliphatic carbocycles. The number of amides is 1. The molecule has 2 aromatic rings. The number of rotatable bonds is 4. The van der Waals surface area contributed by atoms with Gasteiger partial charge in [0, 0.05) is 31.4 Å². The van der Waals surface area contributed by atoms with Crippen molar-refractivity contribution >= 4 is 17.6 Å². The lowest BCUT2D eigenvalue weighted by Gasteiger charge is -2.30. The van der Waals surface area contributed by atoms with E-state index in [0.717, 1.165) is 30.3 Å². The minimum Gasteiger partial charge on any atom is -0.355 e. The molecular formula is C21H26N4O. The summed E-state index contributed by atoms with van der Waals surface area (Å²) < 4.78 is 0. The lowest BCUT2D eigenvalue weighted by molar-refractivity contribution is 0.0963. The zero-order valence-electron chi connectivity index (χ0n) is 15.2. The first-order chi connectivity index (χ1) is 12.8. The van der Waals surface area contributed by atoms with E-state index in [9.17, 15) is 4.79 Å². The summed E-state index contributed by atoms with van der Waals surface area (Å²) in [4.78, 5) is 18.8. The third-order valence-corrected chi connectivity index (χ3v) is 4.54. The average molecular weight is 350 g/mol. The van der Waals surface area contributed by atoms with Crippen molar-refractivity contribution in [2.45, 2.75) is 25.8 Å². The van der Waals surface area contributed by atoms with Crippen LogP contribution in [0.2, 0.25) is 0 Å². The summed E-state index contributed by atoms with van der Waals surface area (Å²) in [5, 5.41) is 6.11. The highest BCUT2D eigenvalue weighted by Gasteiger charge is 2.15. The van der Waals surface area contributed by atoms with Crippen molar-refractivity contribution in [3.8, 4) is 0 Å². The first-order valence-electron chi connectivity index (χ1n) is 9.19. The molecule has 1 fully saturated rings. The molecule has 1 aliphatic rings. The molecule has 26 heavy (non-hydrogen) atoms. The third-order valence-electron chi connectivity index (χ3n) is 4.54. The number of aliphatic imine (C=N–C) groups is 1. The molecule has 1 heterocycles. The molecule has 5 nitrogen and oxygen atoms in total. The largest absolute Gasteiger partial charge is 0.355 e. The number of hydrogen-bond donors (Lipinski definition) is 2. The molecule has 0 aromatic heterocycles. The Morgan fingerprint density at radius 3 is 2.35 bits per heavy atom. The highest BCUT2D eigenvalue weighted by molar-refractivity contribution is 5.94. The topological polar surface area (TPSA) is 56.7 Å². The van der Waals surface area contributed by atoms with E-state index in [-0.39, 0.29) is 5.91 Å². The second-order valence-electron chi connectivity index (χ2n) is 6.45. The Bertz CT molecular complexity index is 734. The number of para-hydroxylation sites is 1. The van der Waals surface area contributed by atoms with Crippen molar-refractivity contribution in [2.75, 3.05) is 25.5 Å². The highest BCUT2D eigenvalue weighted by Crippen LogP contribution is 2.14. The summed E-state index contributed by atoms with van der Waals surface area (Å²) in [6.45, 7) is 2.66. The van der Waals surface area contributed by atoms with Crippen LogP contribution in [0.15, 0.2) is 59.6 Å². The van der Waals surface area contributed by atoms with Gasteiger partial charge in [0.1, 0.15) is 0 Å². The molecule has 136 valence electrons. The predicted molar refractivity (Wildman–Crippen MR) is 106 cm³/mol. The van der Waals surface area contributed by atoms with Gasteiger partial charge in [0.15, 0.2) is 5.96 Å². The second kappa shape index (κ2) is 9.04. The first-order valence-corrected chi connectivity index (χ1v) is 9.19. The number of nitrogens with zero attached hydrogens (tertiary/aromatic N) is 2. The molecular weight excluding hydrogens is 324 g/mol. The van der Waals surface area contributed by atoms with E-state index in [1.807, 2.05) is 42.5 Å². The summed E-state index contributed by atoms with van der Waals surface area (Å²) in [5.74, 6) is 0.853. The summed E-state index contributed by atoms with van der Waals surface area (Å²) in [5.41, 5.74) is 2.80. The van der Waals surface area contributed by atoms with E-state index in [2.05, 4.69) is 27.7 Å². The van der Waals surface area contributed by atoms with E-state index in [1.54, 1.807) is 7.05 Å². The van der Waals surface area contributed by atoms with Crippen LogP contribution in [-0.2, 0) is 6.54 Å². The van der Waals surface area contributed by atoms with Crippen molar-refractivity contribution in [3.05, 3.63) is 65.7 Å². The van der Waals surface area contributed by atoms with Gasteiger partial charge in [-0.25, -0.2) is 4.99 Å². The summed E-state index contributed by atoms with van der Waals surface area (Å²) in [6.07, 6.45) is 3.70. The SMILES string of the molecule is CNC(=O)c1ccc(CN=C(Nc2ccccc2)N2CCCCC2)cc1. The van der Waals surface area contributed by atoms with Crippen LogP contribution in [0, 0.1) is 0 Å². The molecule has 0 radical (unpaired) electrons. The van der Waals surface area contributed by atoms with Crippen LogP contribution < -0.4 is 10.6 Å². The number of piperidine rings is 1. The van der Waals surface area contributed by atoms with Crippen LogP contribution in [0.25, 0.3) is 0 Å². The van der Waals surface area contributed by atoms with Crippen LogP contribution >= 0.6 is 0 Å².